The molecular weight excluding hydrogens is 466 g/mol. The second-order valence-electron chi connectivity index (χ2n) is 6.55. The molecule has 1 amide bonds. The quantitative estimate of drug-likeness (QED) is 0.570. The van der Waals surface area contributed by atoms with Crippen LogP contribution in [0.15, 0.2) is 42.5 Å². The SMILES string of the molecule is CC(=O)NN(C)c1cc(C2=CC(c3cc(Cl)cc(Cl)c3)(C(F)(F)F)ON2)ccc1Cl. The first-order chi connectivity index (χ1) is 13.9. The number of carbonyl (C=O) groups is 1. The Morgan fingerprint density at radius 2 is 1.77 bits per heavy atom. The molecular formula is C19H15Cl3F3N3O2. The first-order valence-corrected chi connectivity index (χ1v) is 9.57. The van der Waals surface area contributed by atoms with E-state index in [4.69, 9.17) is 39.6 Å². The average molecular weight is 481 g/mol. The highest BCUT2D eigenvalue weighted by atomic mass is 35.5. The van der Waals surface area contributed by atoms with Crippen LogP contribution in [0.3, 0.4) is 0 Å². The lowest BCUT2D eigenvalue weighted by Crippen LogP contribution is -2.42. The molecule has 0 fully saturated rings. The lowest BCUT2D eigenvalue weighted by Gasteiger charge is -2.28. The van der Waals surface area contributed by atoms with Crippen LogP contribution in [0.2, 0.25) is 15.1 Å². The monoisotopic (exact) mass is 479 g/mol. The fourth-order valence-corrected chi connectivity index (χ4v) is 3.76. The van der Waals surface area contributed by atoms with Gasteiger partial charge in [-0.15, -0.1) is 0 Å². The number of hydrogen-bond acceptors (Lipinski definition) is 4. The number of benzene rings is 2. The number of hydrogen-bond donors (Lipinski definition) is 2. The zero-order valence-electron chi connectivity index (χ0n) is 15.6. The van der Waals surface area contributed by atoms with Crippen molar-refractivity contribution in [2.24, 2.45) is 0 Å². The lowest BCUT2D eigenvalue weighted by molar-refractivity contribution is -0.269. The van der Waals surface area contributed by atoms with Crippen molar-refractivity contribution in [3.63, 3.8) is 0 Å². The molecule has 2 aromatic carbocycles. The van der Waals surface area contributed by atoms with Crippen molar-refractivity contribution >= 4 is 52.1 Å². The number of halogens is 6. The van der Waals surface area contributed by atoms with Gasteiger partial charge in [0.25, 0.3) is 0 Å². The molecule has 160 valence electrons. The Hall–Kier alpha value is -2.13. The van der Waals surface area contributed by atoms with Crippen LogP contribution in [0.5, 0.6) is 0 Å². The fourth-order valence-electron chi connectivity index (χ4n) is 2.99. The van der Waals surface area contributed by atoms with Gasteiger partial charge in [0.2, 0.25) is 11.5 Å². The van der Waals surface area contributed by atoms with Crippen LogP contribution in [0, 0.1) is 0 Å². The molecule has 2 aromatic rings. The number of amides is 1. The van der Waals surface area contributed by atoms with E-state index in [1.165, 1.54) is 36.2 Å². The topological polar surface area (TPSA) is 53.6 Å². The normalized spacial score (nSPS) is 18.6. The molecule has 2 N–H and O–H groups in total. The van der Waals surface area contributed by atoms with Crippen LogP contribution < -0.4 is 15.9 Å². The second-order valence-corrected chi connectivity index (χ2v) is 7.83. The van der Waals surface area contributed by atoms with E-state index in [-0.39, 0.29) is 27.2 Å². The summed E-state index contributed by atoms with van der Waals surface area (Å²) in [5.41, 5.74) is 2.57. The van der Waals surface area contributed by atoms with Gasteiger partial charge in [0.15, 0.2) is 0 Å². The van der Waals surface area contributed by atoms with Crippen LogP contribution in [-0.2, 0) is 15.2 Å². The average Bonchev–Trinajstić information content (AvgIpc) is 3.07. The first kappa shape index (κ1) is 22.6. The van der Waals surface area contributed by atoms with E-state index in [1.807, 2.05) is 0 Å². The third-order valence-corrected chi connectivity index (χ3v) is 5.08. The second kappa shape index (κ2) is 8.19. The Bertz CT molecular complexity index is 1010. The predicted octanol–water partition coefficient (Wildman–Crippen LogP) is 5.47. The molecule has 1 aliphatic rings. The van der Waals surface area contributed by atoms with E-state index >= 15 is 0 Å². The van der Waals surface area contributed by atoms with Crippen LogP contribution in [0.4, 0.5) is 18.9 Å². The summed E-state index contributed by atoms with van der Waals surface area (Å²) in [5.74, 6) is -0.338. The standard InChI is InChI=1S/C19H15Cl3F3N3O2/c1-10(29)26-28(2)17-5-11(3-4-15(17)22)16-9-18(30-27-16,19(23,24)25)12-6-13(20)8-14(21)7-12/h3-9,27H,1-2H3,(H,26,29). The molecule has 0 bridgehead atoms. The molecule has 3 rings (SSSR count). The van der Waals surface area contributed by atoms with Crippen molar-refractivity contribution in [3.8, 4) is 0 Å². The molecule has 0 spiro atoms. The summed E-state index contributed by atoms with van der Waals surface area (Å²) in [6.07, 6.45) is -3.92. The third kappa shape index (κ3) is 4.32. The molecule has 0 saturated carbocycles. The van der Waals surface area contributed by atoms with Gasteiger partial charge in [-0.05, 0) is 36.4 Å². The maximum atomic E-state index is 14.1. The van der Waals surface area contributed by atoms with Gasteiger partial charge in [-0.3, -0.25) is 25.5 Å². The number of hydrazine groups is 1. The predicted molar refractivity (Wildman–Crippen MR) is 110 cm³/mol. The summed E-state index contributed by atoms with van der Waals surface area (Å²) < 4.78 is 42.3. The molecule has 1 heterocycles. The van der Waals surface area contributed by atoms with Crippen molar-refractivity contribution in [1.29, 1.82) is 0 Å². The lowest BCUT2D eigenvalue weighted by atomic mass is 9.91. The number of anilines is 1. The van der Waals surface area contributed by atoms with Gasteiger partial charge in [0, 0.05) is 35.1 Å². The Labute approximate surface area is 185 Å². The van der Waals surface area contributed by atoms with E-state index in [1.54, 1.807) is 7.05 Å². The van der Waals surface area contributed by atoms with Crippen LogP contribution >= 0.6 is 34.8 Å². The van der Waals surface area contributed by atoms with Gasteiger partial charge in [0.1, 0.15) is 0 Å². The molecule has 1 atom stereocenters. The summed E-state index contributed by atoms with van der Waals surface area (Å²) >= 11 is 18.0. The van der Waals surface area contributed by atoms with Gasteiger partial charge < -0.3 is 0 Å². The van der Waals surface area contributed by atoms with Gasteiger partial charge in [-0.25, -0.2) is 0 Å². The Kier molecular flexibility index (Phi) is 6.15. The van der Waals surface area contributed by atoms with Crippen molar-refractivity contribution in [3.05, 3.63) is 68.7 Å². The number of carbonyl (C=O) groups excluding carboxylic acids is 1. The zero-order chi connectivity index (χ0) is 22.3. The van der Waals surface area contributed by atoms with Gasteiger partial charge in [0.05, 0.1) is 16.4 Å². The minimum atomic E-state index is -4.82. The summed E-state index contributed by atoms with van der Waals surface area (Å²) in [5, 5.41) is 1.73. The Morgan fingerprint density at radius 1 is 1.13 bits per heavy atom. The molecule has 1 aliphatic heterocycles. The smallest absolute Gasteiger partial charge is 0.287 e. The van der Waals surface area contributed by atoms with Crippen molar-refractivity contribution in [2.75, 3.05) is 12.1 Å². The number of alkyl halides is 3. The van der Waals surface area contributed by atoms with E-state index in [0.717, 1.165) is 18.2 Å². The number of nitrogens with one attached hydrogen (secondary N) is 2. The van der Waals surface area contributed by atoms with Crippen molar-refractivity contribution in [2.45, 2.75) is 18.7 Å². The molecule has 30 heavy (non-hydrogen) atoms. The van der Waals surface area contributed by atoms with Gasteiger partial charge >= 0.3 is 6.18 Å². The largest absolute Gasteiger partial charge is 0.428 e. The summed E-state index contributed by atoms with van der Waals surface area (Å²) in [6.45, 7) is 1.32. The van der Waals surface area contributed by atoms with Crippen molar-refractivity contribution < 1.29 is 22.8 Å². The molecule has 1 unspecified atom stereocenters. The Morgan fingerprint density at radius 3 is 2.33 bits per heavy atom. The molecule has 0 aliphatic carbocycles. The van der Waals surface area contributed by atoms with Crippen LogP contribution in [0.1, 0.15) is 18.1 Å². The summed E-state index contributed by atoms with van der Waals surface area (Å²) in [4.78, 5) is 16.4. The summed E-state index contributed by atoms with van der Waals surface area (Å²) in [7, 11) is 1.55. The molecule has 0 aromatic heterocycles. The van der Waals surface area contributed by atoms with Gasteiger partial charge in [-0.2, -0.15) is 13.2 Å². The van der Waals surface area contributed by atoms with E-state index < -0.39 is 11.8 Å². The van der Waals surface area contributed by atoms with Gasteiger partial charge in [-0.1, -0.05) is 40.9 Å². The molecule has 5 nitrogen and oxygen atoms in total. The molecule has 0 saturated heterocycles. The summed E-state index contributed by atoms with van der Waals surface area (Å²) in [6, 6.07) is 8.13. The number of rotatable bonds is 4. The van der Waals surface area contributed by atoms with Crippen LogP contribution in [0.25, 0.3) is 5.70 Å². The minimum absolute atomic E-state index is 0.0392. The first-order valence-electron chi connectivity index (χ1n) is 8.44. The third-order valence-electron chi connectivity index (χ3n) is 4.33. The highest BCUT2D eigenvalue weighted by Crippen LogP contribution is 2.48. The highest BCUT2D eigenvalue weighted by molar-refractivity contribution is 6.34. The highest BCUT2D eigenvalue weighted by Gasteiger charge is 2.59. The van der Waals surface area contributed by atoms with Crippen molar-refractivity contribution in [1.82, 2.24) is 10.9 Å². The maximum Gasteiger partial charge on any atom is 0.428 e. The number of hydroxylamine groups is 1. The van der Waals surface area contributed by atoms with E-state index in [0.29, 0.717) is 16.3 Å². The molecule has 11 heteroatoms. The molecule has 0 radical (unpaired) electrons. The Balaban J connectivity index is 2.09. The fraction of sp³-hybridized carbons (Fsp3) is 0.211. The zero-order valence-corrected chi connectivity index (χ0v) is 17.8. The van der Waals surface area contributed by atoms with Crippen LogP contribution in [-0.4, -0.2) is 19.1 Å². The van der Waals surface area contributed by atoms with E-state index in [9.17, 15) is 18.0 Å². The van der Waals surface area contributed by atoms with E-state index in [2.05, 4.69) is 10.9 Å². The minimum Gasteiger partial charge on any atom is -0.287 e. The number of nitrogens with zero attached hydrogens (tertiary/aromatic N) is 1. The maximum absolute atomic E-state index is 14.1.